The molecule has 0 saturated carbocycles. The van der Waals surface area contributed by atoms with Crippen molar-refractivity contribution in [2.24, 2.45) is 0 Å². The van der Waals surface area contributed by atoms with Crippen molar-refractivity contribution >= 4 is 21.3 Å². The van der Waals surface area contributed by atoms with Crippen LogP contribution in [-0.4, -0.2) is 59.3 Å². The molecule has 1 fully saturated rings. The van der Waals surface area contributed by atoms with E-state index in [1.54, 1.807) is 0 Å². The van der Waals surface area contributed by atoms with Gasteiger partial charge in [0.05, 0.1) is 6.61 Å². The number of aliphatic hydroxyl groups excluding tert-OH is 2. The molecule has 0 unspecified atom stereocenters. The standard InChI is InChI=1S/C8H16O6S2/c9-5-8(14-16(11,12)13)7(10)6-15-3-1-2-4-15/h7-10H,1-6H2/t7-,8+/m1/s1. The maximum atomic E-state index is 10.3. The van der Waals surface area contributed by atoms with E-state index in [0.29, 0.717) is 5.75 Å². The van der Waals surface area contributed by atoms with Gasteiger partial charge in [0.1, 0.15) is 29.5 Å². The quantitative estimate of drug-likeness (QED) is 0.350. The van der Waals surface area contributed by atoms with Crippen LogP contribution in [0.3, 0.4) is 0 Å². The van der Waals surface area contributed by atoms with Crippen LogP contribution < -0.4 is 0 Å². The highest BCUT2D eigenvalue weighted by atomic mass is 32.3. The zero-order valence-electron chi connectivity index (χ0n) is 8.74. The maximum Gasteiger partial charge on any atom is 0.218 e. The summed E-state index contributed by atoms with van der Waals surface area (Å²) in [5.74, 6) is 2.42. The molecule has 1 aliphatic rings. The zero-order chi connectivity index (χ0) is 12.2. The van der Waals surface area contributed by atoms with Gasteiger partial charge in [-0.05, 0) is 23.7 Å². The minimum Gasteiger partial charge on any atom is -0.726 e. The Morgan fingerprint density at radius 3 is 2.38 bits per heavy atom. The van der Waals surface area contributed by atoms with Gasteiger partial charge in [-0.15, -0.1) is 0 Å². The Kier molecular flexibility index (Phi) is 5.48. The molecule has 2 atom stereocenters. The summed E-state index contributed by atoms with van der Waals surface area (Å²) in [6.07, 6.45) is -0.216. The fraction of sp³-hybridized carbons (Fsp3) is 1.00. The fourth-order valence-electron chi connectivity index (χ4n) is 1.60. The maximum absolute atomic E-state index is 10.3. The molecule has 1 rings (SSSR count). The third-order valence-electron chi connectivity index (χ3n) is 2.37. The highest BCUT2D eigenvalue weighted by molar-refractivity contribution is 7.97. The Bertz CT molecular complexity index is 298. The molecule has 2 N–H and O–H groups in total. The molecule has 0 aromatic heterocycles. The first-order chi connectivity index (χ1) is 7.42. The summed E-state index contributed by atoms with van der Waals surface area (Å²) in [4.78, 5) is 0. The van der Waals surface area contributed by atoms with Gasteiger partial charge >= 0.3 is 0 Å². The predicted octanol–water partition coefficient (Wildman–Crippen LogP) is -1.40. The van der Waals surface area contributed by atoms with Gasteiger partial charge in [0.15, 0.2) is 0 Å². The van der Waals surface area contributed by atoms with Crippen molar-refractivity contribution < 1.29 is 27.4 Å². The molecule has 1 heterocycles. The van der Waals surface area contributed by atoms with E-state index >= 15 is 0 Å². The van der Waals surface area contributed by atoms with Crippen LogP contribution in [0.5, 0.6) is 0 Å². The highest BCUT2D eigenvalue weighted by Gasteiger charge is 2.32. The first-order valence-electron chi connectivity index (χ1n) is 4.99. The van der Waals surface area contributed by atoms with Crippen molar-refractivity contribution in [3.8, 4) is 0 Å². The second-order valence-electron chi connectivity index (χ2n) is 3.69. The number of aliphatic hydroxyl groups is 2. The molecule has 0 amide bonds. The van der Waals surface area contributed by atoms with Crippen LogP contribution in [0.15, 0.2) is 0 Å². The van der Waals surface area contributed by atoms with Gasteiger partial charge in [-0.2, -0.15) is 0 Å². The van der Waals surface area contributed by atoms with E-state index in [0.717, 1.165) is 24.3 Å². The zero-order valence-corrected chi connectivity index (χ0v) is 10.4. The Balaban J connectivity index is 2.45. The molecule has 96 valence electrons. The Morgan fingerprint density at radius 2 is 1.94 bits per heavy atom. The van der Waals surface area contributed by atoms with E-state index in [4.69, 9.17) is 5.11 Å². The largest absolute Gasteiger partial charge is 0.726 e. The predicted molar refractivity (Wildman–Crippen MR) is 58.9 cm³/mol. The number of hydrogen-bond acceptors (Lipinski definition) is 6. The van der Waals surface area contributed by atoms with Crippen LogP contribution in [0.25, 0.3) is 0 Å². The normalized spacial score (nSPS) is 22.2. The number of hydrogen-bond donors (Lipinski definition) is 2. The molecule has 1 saturated heterocycles. The Labute approximate surface area is 97.9 Å². The third kappa shape index (κ3) is 4.98. The molecule has 6 nitrogen and oxygen atoms in total. The lowest BCUT2D eigenvalue weighted by Gasteiger charge is -2.21. The third-order valence-corrected chi connectivity index (χ3v) is 5.40. The summed E-state index contributed by atoms with van der Waals surface area (Å²) >= 11 is 0. The van der Waals surface area contributed by atoms with Gasteiger partial charge in [-0.1, -0.05) is 0 Å². The van der Waals surface area contributed by atoms with Crippen molar-refractivity contribution in [3.63, 3.8) is 0 Å². The average molecular weight is 272 g/mol. The molecule has 0 aliphatic carbocycles. The van der Waals surface area contributed by atoms with Crippen molar-refractivity contribution in [1.29, 1.82) is 0 Å². The average Bonchev–Trinajstić information content (AvgIpc) is 2.65. The molecule has 0 bridgehead atoms. The molecule has 16 heavy (non-hydrogen) atoms. The van der Waals surface area contributed by atoms with E-state index in [1.807, 2.05) is 0 Å². The second-order valence-corrected chi connectivity index (χ2v) is 7.07. The van der Waals surface area contributed by atoms with Gasteiger partial charge < -0.3 is 14.8 Å². The summed E-state index contributed by atoms with van der Waals surface area (Å²) in [6.45, 7) is -0.681. The van der Waals surface area contributed by atoms with Crippen LogP contribution in [0, 0.1) is 0 Å². The fourth-order valence-corrected chi connectivity index (χ4v) is 4.55. The van der Waals surface area contributed by atoms with Crippen LogP contribution in [0.2, 0.25) is 0 Å². The molecule has 0 spiro atoms. The van der Waals surface area contributed by atoms with Gasteiger partial charge in [0, 0.05) is 0 Å². The van der Waals surface area contributed by atoms with E-state index in [9.17, 15) is 18.1 Å². The van der Waals surface area contributed by atoms with E-state index in [1.165, 1.54) is 0 Å². The van der Waals surface area contributed by atoms with Gasteiger partial charge in [0.2, 0.25) is 10.4 Å². The second kappa shape index (κ2) is 6.18. The van der Waals surface area contributed by atoms with Gasteiger partial charge in [0.25, 0.3) is 0 Å². The summed E-state index contributed by atoms with van der Waals surface area (Å²) in [5, 5.41) is 18.5. The van der Waals surface area contributed by atoms with Crippen LogP contribution in [0.1, 0.15) is 12.8 Å². The minimum absolute atomic E-state index is 0.0541. The molecule has 0 radical (unpaired) electrons. The van der Waals surface area contributed by atoms with Crippen molar-refractivity contribution in [3.05, 3.63) is 0 Å². The highest BCUT2D eigenvalue weighted by Crippen LogP contribution is 2.16. The summed E-state index contributed by atoms with van der Waals surface area (Å²) < 4.78 is 35.1. The summed E-state index contributed by atoms with van der Waals surface area (Å²) in [7, 11) is -4.83. The van der Waals surface area contributed by atoms with Crippen LogP contribution >= 0.6 is 0 Å². The van der Waals surface area contributed by atoms with Crippen molar-refractivity contribution in [2.45, 2.75) is 25.0 Å². The molecule has 0 aromatic rings. The van der Waals surface area contributed by atoms with E-state index in [-0.39, 0.29) is 10.9 Å². The lowest BCUT2D eigenvalue weighted by Crippen LogP contribution is -2.39. The lowest BCUT2D eigenvalue weighted by atomic mass is 10.2. The van der Waals surface area contributed by atoms with E-state index < -0.39 is 29.2 Å². The summed E-state index contributed by atoms with van der Waals surface area (Å²) in [6, 6.07) is 0. The van der Waals surface area contributed by atoms with Gasteiger partial charge in [-0.3, -0.25) is 4.18 Å². The number of rotatable bonds is 6. The SMILES string of the molecule is O=S(=O)([O-])O[C@@H](CO)[C@H](O)C[S+]1CCCC1. The van der Waals surface area contributed by atoms with Gasteiger partial charge in [-0.25, -0.2) is 8.42 Å². The molecular formula is C8H16O6S2. The van der Waals surface area contributed by atoms with Crippen LogP contribution in [-0.2, 0) is 25.5 Å². The molecular weight excluding hydrogens is 256 g/mol. The topological polar surface area (TPSA) is 107 Å². The summed E-state index contributed by atoms with van der Waals surface area (Å²) in [5.41, 5.74) is 0. The van der Waals surface area contributed by atoms with Crippen molar-refractivity contribution in [1.82, 2.24) is 0 Å². The monoisotopic (exact) mass is 272 g/mol. The Hall–Kier alpha value is 0.140. The minimum atomic E-state index is -4.88. The lowest BCUT2D eigenvalue weighted by molar-refractivity contribution is 0.0107. The Morgan fingerprint density at radius 1 is 1.38 bits per heavy atom. The molecule has 0 aromatic carbocycles. The van der Waals surface area contributed by atoms with E-state index in [2.05, 4.69) is 4.18 Å². The first kappa shape index (κ1) is 14.2. The molecule has 1 aliphatic heterocycles. The first-order valence-corrected chi connectivity index (χ1v) is 8.06. The van der Waals surface area contributed by atoms with Crippen molar-refractivity contribution in [2.75, 3.05) is 23.9 Å². The van der Waals surface area contributed by atoms with Crippen LogP contribution in [0.4, 0.5) is 0 Å². The molecule has 8 heteroatoms. The smallest absolute Gasteiger partial charge is 0.218 e.